The Hall–Kier alpha value is -1.22. The third-order valence-corrected chi connectivity index (χ3v) is 4.60. The highest BCUT2D eigenvalue weighted by molar-refractivity contribution is 5.44. The second-order valence-electron chi connectivity index (χ2n) is 6.67. The summed E-state index contributed by atoms with van der Waals surface area (Å²) in [5, 5.41) is 3.64. The fraction of sp³-hybridized carbons (Fsp3) is 0.667. The van der Waals surface area contributed by atoms with E-state index in [9.17, 15) is 0 Å². The summed E-state index contributed by atoms with van der Waals surface area (Å²) in [5.41, 5.74) is 1.33. The van der Waals surface area contributed by atoms with E-state index in [0.717, 1.165) is 24.5 Å². The fourth-order valence-corrected chi connectivity index (χ4v) is 3.75. The third-order valence-electron chi connectivity index (χ3n) is 4.60. The summed E-state index contributed by atoms with van der Waals surface area (Å²) in [6.07, 6.45) is 6.26. The Morgan fingerprint density at radius 1 is 1.33 bits per heavy atom. The van der Waals surface area contributed by atoms with Gasteiger partial charge in [-0.3, -0.25) is 0 Å². The van der Waals surface area contributed by atoms with Crippen LogP contribution in [0.3, 0.4) is 0 Å². The molecule has 1 N–H and O–H groups in total. The van der Waals surface area contributed by atoms with Gasteiger partial charge >= 0.3 is 0 Å². The second kappa shape index (κ2) is 5.88. The highest BCUT2D eigenvalue weighted by Gasteiger charge is 2.42. The highest BCUT2D eigenvalue weighted by Crippen LogP contribution is 2.47. The maximum absolute atomic E-state index is 6.42. The molecule has 1 spiro atoms. The quantitative estimate of drug-likeness (QED) is 0.900. The van der Waals surface area contributed by atoms with Crippen LogP contribution in [0.5, 0.6) is 11.5 Å². The van der Waals surface area contributed by atoms with E-state index in [1.165, 1.54) is 31.2 Å². The van der Waals surface area contributed by atoms with E-state index in [2.05, 4.69) is 38.2 Å². The molecule has 1 atom stereocenters. The van der Waals surface area contributed by atoms with Crippen molar-refractivity contribution in [1.29, 1.82) is 0 Å². The van der Waals surface area contributed by atoms with Gasteiger partial charge in [-0.15, -0.1) is 0 Å². The summed E-state index contributed by atoms with van der Waals surface area (Å²) in [4.78, 5) is 0. The SMILES string of the molecule is CCNC1CC2(CCCC2)Oc2ccc(OC(C)C)cc21. The minimum absolute atomic E-state index is 0.0697. The van der Waals surface area contributed by atoms with Gasteiger partial charge in [0.15, 0.2) is 0 Å². The lowest BCUT2D eigenvalue weighted by molar-refractivity contribution is 0.0368. The summed E-state index contributed by atoms with van der Waals surface area (Å²) in [6, 6.07) is 6.67. The minimum atomic E-state index is 0.0697. The van der Waals surface area contributed by atoms with Gasteiger partial charge in [0.25, 0.3) is 0 Å². The van der Waals surface area contributed by atoms with E-state index in [4.69, 9.17) is 9.47 Å². The number of hydrogen-bond acceptors (Lipinski definition) is 3. The number of benzene rings is 1. The molecule has 1 aromatic carbocycles. The van der Waals surface area contributed by atoms with E-state index >= 15 is 0 Å². The minimum Gasteiger partial charge on any atom is -0.491 e. The predicted octanol–water partition coefficient (Wildman–Crippen LogP) is 4.22. The van der Waals surface area contributed by atoms with Crippen LogP contribution < -0.4 is 14.8 Å². The fourth-order valence-electron chi connectivity index (χ4n) is 3.75. The van der Waals surface area contributed by atoms with Gasteiger partial charge in [0.2, 0.25) is 0 Å². The van der Waals surface area contributed by atoms with Gasteiger partial charge in [0.1, 0.15) is 17.1 Å². The van der Waals surface area contributed by atoms with Gasteiger partial charge in [-0.1, -0.05) is 6.92 Å². The summed E-state index contributed by atoms with van der Waals surface area (Å²) >= 11 is 0. The Balaban J connectivity index is 1.91. The molecule has 3 heteroatoms. The molecule has 0 bridgehead atoms. The molecular formula is C18H27NO2. The van der Waals surface area contributed by atoms with Crippen molar-refractivity contribution >= 4 is 0 Å². The lowest BCUT2D eigenvalue weighted by Gasteiger charge is -2.40. The zero-order chi connectivity index (χ0) is 14.9. The molecule has 0 saturated heterocycles. The molecule has 3 rings (SSSR count). The predicted molar refractivity (Wildman–Crippen MR) is 85.1 cm³/mol. The van der Waals surface area contributed by atoms with Crippen LogP contribution in [0.1, 0.15) is 64.5 Å². The van der Waals surface area contributed by atoms with E-state index in [1.807, 2.05) is 6.07 Å². The molecule has 3 nitrogen and oxygen atoms in total. The molecule has 1 saturated carbocycles. The Labute approximate surface area is 128 Å². The largest absolute Gasteiger partial charge is 0.491 e. The molecule has 0 aromatic heterocycles. The van der Waals surface area contributed by atoms with Crippen molar-refractivity contribution < 1.29 is 9.47 Å². The molecule has 1 aliphatic carbocycles. The summed E-state index contributed by atoms with van der Waals surface area (Å²) in [6.45, 7) is 7.27. The molecule has 1 heterocycles. The average Bonchev–Trinajstić information content (AvgIpc) is 2.87. The Bertz CT molecular complexity index is 492. The standard InChI is InChI=1S/C18H27NO2/c1-4-19-16-12-18(9-5-6-10-18)21-17-8-7-14(11-15(16)17)20-13(2)3/h7-8,11,13,16,19H,4-6,9-10,12H2,1-3H3. The molecule has 1 aliphatic heterocycles. The summed E-state index contributed by atoms with van der Waals surface area (Å²) in [5.74, 6) is 1.99. The molecule has 0 amide bonds. The molecule has 116 valence electrons. The van der Waals surface area contributed by atoms with Gasteiger partial charge in [-0.05, 0) is 64.3 Å². The zero-order valence-electron chi connectivity index (χ0n) is 13.4. The van der Waals surface area contributed by atoms with Crippen LogP contribution >= 0.6 is 0 Å². The van der Waals surface area contributed by atoms with Crippen molar-refractivity contribution in [3.05, 3.63) is 23.8 Å². The normalized spacial score (nSPS) is 23.1. The van der Waals surface area contributed by atoms with Gasteiger partial charge in [-0.2, -0.15) is 0 Å². The van der Waals surface area contributed by atoms with Gasteiger partial charge in [0, 0.05) is 18.0 Å². The third kappa shape index (κ3) is 3.03. The topological polar surface area (TPSA) is 30.5 Å². The Morgan fingerprint density at radius 2 is 2.10 bits per heavy atom. The molecular weight excluding hydrogens is 262 g/mol. The van der Waals surface area contributed by atoms with Crippen molar-refractivity contribution in [2.45, 2.75) is 70.6 Å². The Morgan fingerprint density at radius 3 is 2.76 bits per heavy atom. The van der Waals surface area contributed by atoms with Crippen LogP contribution in [-0.2, 0) is 0 Å². The van der Waals surface area contributed by atoms with Crippen LogP contribution in [0, 0.1) is 0 Å². The number of nitrogens with one attached hydrogen (secondary N) is 1. The van der Waals surface area contributed by atoms with Crippen LogP contribution in [0.15, 0.2) is 18.2 Å². The first kappa shape index (κ1) is 14.7. The molecule has 2 aliphatic rings. The van der Waals surface area contributed by atoms with Crippen LogP contribution in [0.25, 0.3) is 0 Å². The van der Waals surface area contributed by atoms with Gasteiger partial charge in [0.05, 0.1) is 6.10 Å². The highest BCUT2D eigenvalue weighted by atomic mass is 16.5. The van der Waals surface area contributed by atoms with E-state index in [1.54, 1.807) is 0 Å². The van der Waals surface area contributed by atoms with Crippen molar-refractivity contribution in [2.75, 3.05) is 6.54 Å². The van der Waals surface area contributed by atoms with Crippen LogP contribution in [0.2, 0.25) is 0 Å². The van der Waals surface area contributed by atoms with Crippen molar-refractivity contribution in [3.63, 3.8) is 0 Å². The molecule has 21 heavy (non-hydrogen) atoms. The first-order valence-electron chi connectivity index (χ1n) is 8.35. The van der Waals surface area contributed by atoms with Gasteiger partial charge in [-0.25, -0.2) is 0 Å². The second-order valence-corrected chi connectivity index (χ2v) is 6.67. The van der Waals surface area contributed by atoms with Crippen molar-refractivity contribution in [1.82, 2.24) is 5.32 Å². The van der Waals surface area contributed by atoms with E-state index in [0.29, 0.717) is 6.04 Å². The molecule has 0 radical (unpaired) electrons. The van der Waals surface area contributed by atoms with Crippen molar-refractivity contribution in [2.24, 2.45) is 0 Å². The molecule has 1 fully saturated rings. The zero-order valence-corrected chi connectivity index (χ0v) is 13.4. The maximum atomic E-state index is 6.42. The summed E-state index contributed by atoms with van der Waals surface area (Å²) in [7, 11) is 0. The monoisotopic (exact) mass is 289 g/mol. The first-order valence-corrected chi connectivity index (χ1v) is 8.35. The lowest BCUT2D eigenvalue weighted by Crippen LogP contribution is -2.42. The summed E-state index contributed by atoms with van der Waals surface area (Å²) < 4.78 is 12.3. The Kier molecular flexibility index (Phi) is 4.12. The first-order chi connectivity index (χ1) is 10.1. The van der Waals surface area contributed by atoms with Crippen molar-refractivity contribution in [3.8, 4) is 11.5 Å². The number of rotatable bonds is 4. The lowest BCUT2D eigenvalue weighted by atomic mass is 9.86. The number of ether oxygens (including phenoxy) is 2. The van der Waals surface area contributed by atoms with E-state index < -0.39 is 0 Å². The van der Waals surface area contributed by atoms with Crippen LogP contribution in [-0.4, -0.2) is 18.2 Å². The van der Waals surface area contributed by atoms with Gasteiger partial charge < -0.3 is 14.8 Å². The molecule has 1 unspecified atom stereocenters. The average molecular weight is 289 g/mol. The van der Waals surface area contributed by atoms with Crippen LogP contribution in [0.4, 0.5) is 0 Å². The molecule has 1 aromatic rings. The number of fused-ring (bicyclic) bond motifs is 1. The number of hydrogen-bond donors (Lipinski definition) is 1. The van der Waals surface area contributed by atoms with E-state index in [-0.39, 0.29) is 11.7 Å². The smallest absolute Gasteiger partial charge is 0.125 e. The maximum Gasteiger partial charge on any atom is 0.125 e.